The summed E-state index contributed by atoms with van der Waals surface area (Å²) in [6, 6.07) is 2.89. The third-order valence-corrected chi connectivity index (χ3v) is 4.40. The van der Waals surface area contributed by atoms with Crippen LogP contribution in [0.25, 0.3) is 0 Å². The van der Waals surface area contributed by atoms with Crippen molar-refractivity contribution < 1.29 is 0 Å². The summed E-state index contributed by atoms with van der Waals surface area (Å²) in [5, 5.41) is 3.66. The smallest absolute Gasteiger partial charge is 0.0410 e. The highest BCUT2D eigenvalue weighted by Crippen LogP contribution is 2.31. The second-order valence-electron chi connectivity index (χ2n) is 5.56. The molecule has 100 valence electrons. The van der Waals surface area contributed by atoms with Crippen molar-refractivity contribution in [3.63, 3.8) is 0 Å². The first kappa shape index (κ1) is 14.0. The normalized spacial score (nSPS) is 28.3. The number of nitrogens with one attached hydrogen (secondary N) is 1. The fourth-order valence-corrected chi connectivity index (χ4v) is 3.54. The molecule has 0 bridgehead atoms. The SMILES string of the molecule is CCNC1CCC(C)CC1Cc1cncc(Br)c1. The van der Waals surface area contributed by atoms with Crippen LogP contribution in [0.15, 0.2) is 22.9 Å². The Morgan fingerprint density at radius 1 is 1.39 bits per heavy atom. The van der Waals surface area contributed by atoms with E-state index in [9.17, 15) is 0 Å². The van der Waals surface area contributed by atoms with Crippen LogP contribution in [-0.4, -0.2) is 17.6 Å². The summed E-state index contributed by atoms with van der Waals surface area (Å²) < 4.78 is 1.09. The van der Waals surface area contributed by atoms with Crippen LogP contribution < -0.4 is 5.32 Å². The van der Waals surface area contributed by atoms with Gasteiger partial charge in [0.1, 0.15) is 0 Å². The molecule has 1 fully saturated rings. The van der Waals surface area contributed by atoms with Crippen LogP contribution in [0.3, 0.4) is 0 Å². The van der Waals surface area contributed by atoms with Crippen LogP contribution in [0.1, 0.15) is 38.7 Å². The van der Waals surface area contributed by atoms with Crippen molar-refractivity contribution in [2.75, 3.05) is 6.54 Å². The minimum absolute atomic E-state index is 0.685. The molecule has 1 heterocycles. The molecule has 0 radical (unpaired) electrons. The van der Waals surface area contributed by atoms with E-state index in [2.05, 4.69) is 46.1 Å². The van der Waals surface area contributed by atoms with Gasteiger partial charge in [-0.1, -0.05) is 13.8 Å². The lowest BCUT2D eigenvalue weighted by Crippen LogP contribution is -2.41. The van der Waals surface area contributed by atoms with Crippen molar-refractivity contribution in [2.45, 2.75) is 45.6 Å². The molecule has 1 aromatic rings. The van der Waals surface area contributed by atoms with E-state index in [4.69, 9.17) is 0 Å². The predicted molar refractivity (Wildman–Crippen MR) is 79.6 cm³/mol. The van der Waals surface area contributed by atoms with E-state index in [0.29, 0.717) is 6.04 Å². The van der Waals surface area contributed by atoms with Gasteiger partial charge in [0.2, 0.25) is 0 Å². The van der Waals surface area contributed by atoms with Gasteiger partial charge in [0, 0.05) is 22.9 Å². The highest BCUT2D eigenvalue weighted by molar-refractivity contribution is 9.10. The lowest BCUT2D eigenvalue weighted by atomic mass is 9.76. The van der Waals surface area contributed by atoms with Crippen molar-refractivity contribution in [3.8, 4) is 0 Å². The summed E-state index contributed by atoms with van der Waals surface area (Å²) in [6.45, 7) is 5.66. The van der Waals surface area contributed by atoms with Gasteiger partial charge in [-0.15, -0.1) is 0 Å². The number of aromatic nitrogens is 1. The van der Waals surface area contributed by atoms with Gasteiger partial charge in [-0.3, -0.25) is 4.98 Å². The van der Waals surface area contributed by atoms with Gasteiger partial charge in [0.05, 0.1) is 0 Å². The summed E-state index contributed by atoms with van der Waals surface area (Å²) >= 11 is 3.51. The van der Waals surface area contributed by atoms with E-state index in [-0.39, 0.29) is 0 Å². The van der Waals surface area contributed by atoms with Gasteiger partial charge in [-0.2, -0.15) is 0 Å². The van der Waals surface area contributed by atoms with E-state index in [1.165, 1.54) is 24.8 Å². The third kappa shape index (κ3) is 3.79. The summed E-state index contributed by atoms with van der Waals surface area (Å²) in [4.78, 5) is 4.27. The monoisotopic (exact) mass is 310 g/mol. The van der Waals surface area contributed by atoms with Crippen molar-refractivity contribution in [1.82, 2.24) is 10.3 Å². The maximum atomic E-state index is 4.27. The first-order valence-electron chi connectivity index (χ1n) is 7.01. The Morgan fingerprint density at radius 2 is 2.22 bits per heavy atom. The van der Waals surface area contributed by atoms with Gasteiger partial charge in [-0.25, -0.2) is 0 Å². The molecule has 3 atom stereocenters. The molecule has 0 aliphatic heterocycles. The van der Waals surface area contributed by atoms with Crippen LogP contribution in [-0.2, 0) is 6.42 Å². The molecule has 1 aliphatic rings. The number of halogens is 1. The standard InChI is InChI=1S/C15H23BrN2/c1-3-18-15-5-4-11(2)6-13(15)7-12-8-14(16)10-17-9-12/h8-11,13,15,18H,3-7H2,1-2H3. The highest BCUT2D eigenvalue weighted by atomic mass is 79.9. The van der Waals surface area contributed by atoms with Crippen molar-refractivity contribution in [1.29, 1.82) is 0 Å². The summed E-state index contributed by atoms with van der Waals surface area (Å²) in [7, 11) is 0. The Hall–Kier alpha value is -0.410. The van der Waals surface area contributed by atoms with Crippen LogP contribution in [0.2, 0.25) is 0 Å². The summed E-state index contributed by atoms with van der Waals surface area (Å²) in [5.41, 5.74) is 1.35. The predicted octanol–water partition coefficient (Wildman–Crippen LogP) is 3.80. The second-order valence-corrected chi connectivity index (χ2v) is 6.47. The molecule has 2 rings (SSSR count). The lowest BCUT2D eigenvalue weighted by molar-refractivity contribution is 0.214. The van der Waals surface area contributed by atoms with Crippen molar-refractivity contribution >= 4 is 15.9 Å². The molecule has 0 saturated heterocycles. The lowest BCUT2D eigenvalue weighted by Gasteiger charge is -2.35. The number of pyridine rings is 1. The fourth-order valence-electron chi connectivity index (χ4n) is 3.13. The highest BCUT2D eigenvalue weighted by Gasteiger charge is 2.28. The molecule has 1 saturated carbocycles. The zero-order valence-electron chi connectivity index (χ0n) is 11.3. The van der Waals surface area contributed by atoms with Crippen LogP contribution in [0.4, 0.5) is 0 Å². The van der Waals surface area contributed by atoms with Gasteiger partial charge in [0.15, 0.2) is 0 Å². The number of rotatable bonds is 4. The molecule has 3 heteroatoms. The molecule has 0 aromatic carbocycles. The average molecular weight is 311 g/mol. The van der Waals surface area contributed by atoms with Crippen molar-refractivity contribution in [2.24, 2.45) is 11.8 Å². The Bertz CT molecular complexity index is 381. The van der Waals surface area contributed by atoms with E-state index in [1.807, 2.05) is 12.4 Å². The number of hydrogen-bond acceptors (Lipinski definition) is 2. The number of hydrogen-bond donors (Lipinski definition) is 1. The zero-order chi connectivity index (χ0) is 13.0. The minimum atomic E-state index is 0.685. The maximum absolute atomic E-state index is 4.27. The Balaban J connectivity index is 2.03. The van der Waals surface area contributed by atoms with Gasteiger partial charge >= 0.3 is 0 Å². The topological polar surface area (TPSA) is 24.9 Å². The molecule has 3 unspecified atom stereocenters. The largest absolute Gasteiger partial charge is 0.314 e. The summed E-state index contributed by atoms with van der Waals surface area (Å²) in [5.74, 6) is 1.62. The molecule has 1 N–H and O–H groups in total. The van der Waals surface area contributed by atoms with Crippen LogP contribution in [0.5, 0.6) is 0 Å². The molecule has 2 nitrogen and oxygen atoms in total. The van der Waals surface area contributed by atoms with Crippen LogP contribution >= 0.6 is 15.9 Å². The Kier molecular flexibility index (Phi) is 5.19. The molecule has 1 aliphatic carbocycles. The van der Waals surface area contributed by atoms with Gasteiger partial charge in [-0.05, 0) is 71.6 Å². The van der Waals surface area contributed by atoms with E-state index in [1.54, 1.807) is 0 Å². The van der Waals surface area contributed by atoms with E-state index < -0.39 is 0 Å². The van der Waals surface area contributed by atoms with Gasteiger partial charge in [0.25, 0.3) is 0 Å². The van der Waals surface area contributed by atoms with Crippen LogP contribution in [0, 0.1) is 11.8 Å². The molecule has 0 amide bonds. The number of nitrogens with zero attached hydrogens (tertiary/aromatic N) is 1. The molecule has 1 aromatic heterocycles. The van der Waals surface area contributed by atoms with E-state index in [0.717, 1.165) is 29.3 Å². The minimum Gasteiger partial charge on any atom is -0.314 e. The summed E-state index contributed by atoms with van der Waals surface area (Å²) in [6.07, 6.45) is 9.03. The Labute approximate surface area is 119 Å². The maximum Gasteiger partial charge on any atom is 0.0410 e. The average Bonchev–Trinajstić information content (AvgIpc) is 2.33. The third-order valence-electron chi connectivity index (χ3n) is 3.97. The molecule has 18 heavy (non-hydrogen) atoms. The Morgan fingerprint density at radius 3 is 2.94 bits per heavy atom. The van der Waals surface area contributed by atoms with Gasteiger partial charge < -0.3 is 5.32 Å². The first-order valence-corrected chi connectivity index (χ1v) is 7.81. The van der Waals surface area contributed by atoms with E-state index >= 15 is 0 Å². The quantitative estimate of drug-likeness (QED) is 0.915. The zero-order valence-corrected chi connectivity index (χ0v) is 12.9. The molecular formula is C15H23BrN2. The molecule has 0 spiro atoms. The molecular weight excluding hydrogens is 288 g/mol. The second kappa shape index (κ2) is 6.67. The fraction of sp³-hybridized carbons (Fsp3) is 0.667. The van der Waals surface area contributed by atoms with Crippen molar-refractivity contribution in [3.05, 3.63) is 28.5 Å². The first-order chi connectivity index (χ1) is 8.69.